The summed E-state index contributed by atoms with van der Waals surface area (Å²) in [4.78, 5) is 10.3. The highest BCUT2D eigenvalue weighted by molar-refractivity contribution is 8.22. The number of rotatable bonds is 1. The van der Waals surface area contributed by atoms with Crippen LogP contribution in [0.4, 0.5) is 0 Å². The fourth-order valence-electron chi connectivity index (χ4n) is 0.598. The first kappa shape index (κ1) is 6.49. The normalized spacial score (nSPS) is 25.6. The smallest absolute Gasteiger partial charge is 0.145 e. The van der Waals surface area contributed by atoms with E-state index < -0.39 is 0 Å². The van der Waals surface area contributed by atoms with E-state index in [9.17, 15) is 4.79 Å². The van der Waals surface area contributed by atoms with Crippen molar-refractivity contribution < 1.29 is 4.79 Å². The van der Waals surface area contributed by atoms with Crippen molar-refractivity contribution in [2.45, 2.75) is 11.0 Å². The zero-order chi connectivity index (χ0) is 6.04. The van der Waals surface area contributed by atoms with Gasteiger partial charge in [0.2, 0.25) is 0 Å². The Morgan fingerprint density at radius 3 is 2.25 bits per heavy atom. The van der Waals surface area contributed by atoms with Crippen LogP contribution >= 0.6 is 23.5 Å². The highest BCUT2D eigenvalue weighted by atomic mass is 32.2. The molecule has 0 unspecified atom stereocenters. The van der Waals surface area contributed by atoms with Crippen molar-refractivity contribution in [3.63, 3.8) is 0 Å². The lowest BCUT2D eigenvalue weighted by molar-refractivity contribution is -0.107. The van der Waals surface area contributed by atoms with Crippen molar-refractivity contribution in [2.75, 3.05) is 11.5 Å². The average Bonchev–Trinajstić information content (AvgIpc) is 2.17. The van der Waals surface area contributed by atoms with Crippen LogP contribution in [-0.4, -0.2) is 21.9 Å². The van der Waals surface area contributed by atoms with Gasteiger partial charge in [-0.1, -0.05) is 0 Å². The van der Waals surface area contributed by atoms with Crippen LogP contribution in [0.1, 0.15) is 6.92 Å². The second kappa shape index (κ2) is 2.31. The molecule has 0 bridgehead atoms. The van der Waals surface area contributed by atoms with Crippen molar-refractivity contribution in [1.29, 1.82) is 0 Å². The molecular formula is C5H8OS2. The predicted octanol–water partition coefficient (Wildman–Crippen LogP) is 1.38. The number of aldehydes is 1. The molecule has 1 saturated heterocycles. The van der Waals surface area contributed by atoms with Crippen LogP contribution < -0.4 is 0 Å². The zero-order valence-corrected chi connectivity index (χ0v) is 6.35. The van der Waals surface area contributed by atoms with Crippen molar-refractivity contribution in [1.82, 2.24) is 0 Å². The predicted molar refractivity (Wildman–Crippen MR) is 39.4 cm³/mol. The summed E-state index contributed by atoms with van der Waals surface area (Å²) < 4.78 is -0.111. The third-order valence-corrected chi connectivity index (χ3v) is 4.20. The molecule has 0 spiro atoms. The van der Waals surface area contributed by atoms with E-state index in [1.54, 1.807) is 23.5 Å². The third-order valence-electron chi connectivity index (χ3n) is 1.07. The minimum Gasteiger partial charge on any atom is -0.301 e. The van der Waals surface area contributed by atoms with Gasteiger partial charge in [-0.2, -0.15) is 0 Å². The van der Waals surface area contributed by atoms with Gasteiger partial charge in [0.05, 0.1) is 0 Å². The second-order valence-electron chi connectivity index (χ2n) is 1.83. The number of thioether (sulfide) groups is 2. The van der Waals surface area contributed by atoms with E-state index >= 15 is 0 Å². The monoisotopic (exact) mass is 148 g/mol. The first-order valence-electron chi connectivity index (χ1n) is 2.51. The van der Waals surface area contributed by atoms with E-state index in [1.165, 1.54) is 0 Å². The molecule has 1 nitrogen and oxygen atoms in total. The molecule has 0 amide bonds. The lowest BCUT2D eigenvalue weighted by Crippen LogP contribution is -2.11. The lowest BCUT2D eigenvalue weighted by atomic mass is 10.5. The van der Waals surface area contributed by atoms with Crippen LogP contribution in [-0.2, 0) is 4.79 Å². The summed E-state index contributed by atoms with van der Waals surface area (Å²) in [5.74, 6) is 2.25. The van der Waals surface area contributed by atoms with E-state index in [0.717, 1.165) is 17.8 Å². The van der Waals surface area contributed by atoms with Crippen LogP contribution in [0.2, 0.25) is 0 Å². The third kappa shape index (κ3) is 1.20. The van der Waals surface area contributed by atoms with Crippen molar-refractivity contribution >= 4 is 29.8 Å². The second-order valence-corrected chi connectivity index (χ2v) is 5.18. The highest BCUT2D eigenvalue weighted by Gasteiger charge is 2.29. The molecule has 1 rings (SSSR count). The Morgan fingerprint density at radius 2 is 2.00 bits per heavy atom. The maximum atomic E-state index is 10.3. The Morgan fingerprint density at radius 1 is 1.50 bits per heavy atom. The van der Waals surface area contributed by atoms with Gasteiger partial charge in [0.1, 0.15) is 10.4 Å². The zero-order valence-electron chi connectivity index (χ0n) is 4.72. The maximum absolute atomic E-state index is 10.3. The van der Waals surface area contributed by atoms with Crippen molar-refractivity contribution in [3.8, 4) is 0 Å². The molecule has 0 aliphatic carbocycles. The summed E-state index contributed by atoms with van der Waals surface area (Å²) in [7, 11) is 0. The van der Waals surface area contributed by atoms with Gasteiger partial charge < -0.3 is 4.79 Å². The average molecular weight is 148 g/mol. The number of hydrogen-bond acceptors (Lipinski definition) is 3. The molecule has 0 N–H and O–H groups in total. The molecule has 0 saturated carbocycles. The molecule has 46 valence electrons. The number of carbonyl (C=O) groups excluding carboxylic acids is 1. The number of hydrogen-bond donors (Lipinski definition) is 0. The van der Waals surface area contributed by atoms with E-state index in [4.69, 9.17) is 0 Å². The summed E-state index contributed by atoms with van der Waals surface area (Å²) in [6.45, 7) is 1.97. The summed E-state index contributed by atoms with van der Waals surface area (Å²) in [6, 6.07) is 0. The topological polar surface area (TPSA) is 17.1 Å². The Hall–Kier alpha value is 0.370. The SMILES string of the molecule is CC1(C=O)SCCS1. The summed E-state index contributed by atoms with van der Waals surface area (Å²) in [5, 5.41) is 0. The molecule has 0 aromatic rings. The minimum absolute atomic E-state index is 0.111. The van der Waals surface area contributed by atoms with Gasteiger partial charge in [-0.25, -0.2) is 0 Å². The molecule has 1 fully saturated rings. The molecule has 3 heteroatoms. The molecule has 8 heavy (non-hydrogen) atoms. The Balaban J connectivity index is 2.52. The molecule has 1 heterocycles. The Bertz CT molecular complexity index is 96.6. The van der Waals surface area contributed by atoms with E-state index in [1.807, 2.05) is 6.92 Å². The van der Waals surface area contributed by atoms with Gasteiger partial charge in [0.15, 0.2) is 0 Å². The van der Waals surface area contributed by atoms with Crippen molar-refractivity contribution in [3.05, 3.63) is 0 Å². The fraction of sp³-hybridized carbons (Fsp3) is 0.800. The van der Waals surface area contributed by atoms with Crippen LogP contribution in [0.3, 0.4) is 0 Å². The quantitative estimate of drug-likeness (QED) is 0.523. The van der Waals surface area contributed by atoms with E-state index in [2.05, 4.69) is 0 Å². The van der Waals surface area contributed by atoms with Gasteiger partial charge >= 0.3 is 0 Å². The number of carbonyl (C=O) groups is 1. The maximum Gasteiger partial charge on any atom is 0.145 e. The lowest BCUT2D eigenvalue weighted by Gasteiger charge is -2.10. The van der Waals surface area contributed by atoms with Gasteiger partial charge in [0.25, 0.3) is 0 Å². The van der Waals surface area contributed by atoms with E-state index in [0.29, 0.717) is 0 Å². The minimum atomic E-state index is -0.111. The molecule has 0 aromatic heterocycles. The summed E-state index contributed by atoms with van der Waals surface area (Å²) in [6.07, 6.45) is 1.04. The molecule has 0 radical (unpaired) electrons. The largest absolute Gasteiger partial charge is 0.301 e. The van der Waals surface area contributed by atoms with Gasteiger partial charge in [-0.3, -0.25) is 0 Å². The summed E-state index contributed by atoms with van der Waals surface area (Å²) >= 11 is 3.48. The Labute approximate surface area is 57.6 Å². The van der Waals surface area contributed by atoms with Crippen molar-refractivity contribution in [2.24, 2.45) is 0 Å². The molecule has 1 aliphatic rings. The first-order valence-corrected chi connectivity index (χ1v) is 4.48. The molecule has 1 aliphatic heterocycles. The van der Waals surface area contributed by atoms with Gasteiger partial charge in [0, 0.05) is 11.5 Å². The van der Waals surface area contributed by atoms with Crippen LogP contribution in [0.15, 0.2) is 0 Å². The van der Waals surface area contributed by atoms with Gasteiger partial charge in [-0.05, 0) is 6.92 Å². The molecule has 0 aromatic carbocycles. The molecule has 0 atom stereocenters. The van der Waals surface area contributed by atoms with Crippen LogP contribution in [0.5, 0.6) is 0 Å². The van der Waals surface area contributed by atoms with Gasteiger partial charge in [-0.15, -0.1) is 23.5 Å². The first-order chi connectivity index (χ1) is 3.77. The standard InChI is InChI=1S/C5H8OS2/c1-5(4-6)7-2-3-8-5/h4H,2-3H2,1H3. The fourth-order valence-corrected chi connectivity index (χ4v) is 3.05. The highest BCUT2D eigenvalue weighted by Crippen LogP contribution is 2.41. The molecular weight excluding hydrogens is 140 g/mol. The van der Waals surface area contributed by atoms with E-state index in [-0.39, 0.29) is 4.08 Å². The van der Waals surface area contributed by atoms with Crippen LogP contribution in [0.25, 0.3) is 0 Å². The van der Waals surface area contributed by atoms with Crippen LogP contribution in [0, 0.1) is 0 Å². The Kier molecular flexibility index (Phi) is 1.88. The summed E-state index contributed by atoms with van der Waals surface area (Å²) in [5.41, 5.74) is 0.